The van der Waals surface area contributed by atoms with E-state index in [1.807, 2.05) is 18.4 Å². The highest BCUT2D eigenvalue weighted by atomic mass is 32.1. The number of rotatable bonds is 3. The van der Waals surface area contributed by atoms with Crippen LogP contribution >= 0.6 is 11.3 Å². The summed E-state index contributed by atoms with van der Waals surface area (Å²) in [5.74, 6) is -0.822. The Hall–Kier alpha value is -1.36. The minimum atomic E-state index is -0.784. The Morgan fingerprint density at radius 3 is 2.89 bits per heavy atom. The largest absolute Gasteiger partial charge is 0.481 e. The molecule has 0 radical (unpaired) electrons. The Morgan fingerprint density at radius 1 is 1.56 bits per heavy atom. The second kappa shape index (κ2) is 5.10. The van der Waals surface area contributed by atoms with Gasteiger partial charge in [-0.25, -0.2) is 0 Å². The van der Waals surface area contributed by atoms with Gasteiger partial charge in [0.1, 0.15) is 0 Å². The zero-order chi connectivity index (χ0) is 13.2. The highest BCUT2D eigenvalue weighted by Crippen LogP contribution is 2.34. The standard InChI is InChI=1S/C13H17NO3S/c1-2-13(12(16)17)6-4-7-14(9-13)11(15)10-5-3-8-18-10/h3,5,8H,2,4,6-7,9H2,1H3,(H,16,17). The number of carbonyl (C=O) groups excluding carboxylic acids is 1. The molecule has 1 fully saturated rings. The molecule has 0 bridgehead atoms. The molecule has 0 aromatic carbocycles. The lowest BCUT2D eigenvalue weighted by molar-refractivity contribution is -0.152. The predicted octanol–water partition coefficient (Wildman–Crippen LogP) is 2.47. The van der Waals surface area contributed by atoms with Crippen molar-refractivity contribution in [2.24, 2.45) is 5.41 Å². The second-order valence-electron chi connectivity index (χ2n) is 4.75. The van der Waals surface area contributed by atoms with Crippen molar-refractivity contribution >= 4 is 23.2 Å². The molecule has 4 nitrogen and oxygen atoms in total. The van der Waals surface area contributed by atoms with E-state index in [1.54, 1.807) is 11.0 Å². The Balaban J connectivity index is 2.16. The van der Waals surface area contributed by atoms with Crippen LogP contribution < -0.4 is 0 Å². The molecule has 5 heteroatoms. The van der Waals surface area contributed by atoms with E-state index in [1.165, 1.54) is 11.3 Å². The van der Waals surface area contributed by atoms with Crippen LogP contribution in [0.2, 0.25) is 0 Å². The summed E-state index contributed by atoms with van der Waals surface area (Å²) in [7, 11) is 0. The van der Waals surface area contributed by atoms with Crippen molar-refractivity contribution in [2.45, 2.75) is 26.2 Å². The molecule has 1 aromatic rings. The zero-order valence-electron chi connectivity index (χ0n) is 10.4. The van der Waals surface area contributed by atoms with Gasteiger partial charge in [0, 0.05) is 13.1 Å². The molecule has 1 unspecified atom stereocenters. The fourth-order valence-corrected chi connectivity index (χ4v) is 3.17. The molecule has 2 heterocycles. The number of likely N-dealkylation sites (tertiary alicyclic amines) is 1. The first-order valence-corrected chi connectivity index (χ1v) is 7.03. The van der Waals surface area contributed by atoms with E-state index in [0.29, 0.717) is 30.8 Å². The van der Waals surface area contributed by atoms with Gasteiger partial charge in [0.05, 0.1) is 10.3 Å². The number of piperidine rings is 1. The van der Waals surface area contributed by atoms with Crippen LogP contribution in [0.15, 0.2) is 17.5 Å². The van der Waals surface area contributed by atoms with Gasteiger partial charge in [0.2, 0.25) is 0 Å². The average molecular weight is 267 g/mol. The van der Waals surface area contributed by atoms with Crippen molar-refractivity contribution in [3.63, 3.8) is 0 Å². The second-order valence-corrected chi connectivity index (χ2v) is 5.69. The molecule has 2 rings (SSSR count). The first-order chi connectivity index (χ1) is 8.59. The maximum atomic E-state index is 12.2. The third-order valence-electron chi connectivity index (χ3n) is 3.73. The molecule has 18 heavy (non-hydrogen) atoms. The number of carboxylic acid groups (broad SMARTS) is 1. The van der Waals surface area contributed by atoms with Crippen LogP contribution in [-0.2, 0) is 4.79 Å². The normalized spacial score (nSPS) is 23.9. The van der Waals surface area contributed by atoms with Gasteiger partial charge < -0.3 is 10.0 Å². The molecule has 1 aromatic heterocycles. The maximum absolute atomic E-state index is 12.2. The van der Waals surface area contributed by atoms with Crippen molar-refractivity contribution < 1.29 is 14.7 Å². The number of aliphatic carboxylic acids is 1. The third kappa shape index (κ3) is 2.27. The van der Waals surface area contributed by atoms with Gasteiger partial charge in [-0.15, -0.1) is 11.3 Å². The van der Waals surface area contributed by atoms with Gasteiger partial charge in [0.25, 0.3) is 5.91 Å². The summed E-state index contributed by atoms with van der Waals surface area (Å²) >= 11 is 1.40. The fourth-order valence-electron chi connectivity index (χ4n) is 2.48. The number of hydrogen-bond acceptors (Lipinski definition) is 3. The summed E-state index contributed by atoms with van der Waals surface area (Å²) in [5.41, 5.74) is -0.759. The predicted molar refractivity (Wildman–Crippen MR) is 69.8 cm³/mol. The average Bonchev–Trinajstić information content (AvgIpc) is 2.91. The van der Waals surface area contributed by atoms with Crippen LogP contribution in [0.3, 0.4) is 0 Å². The van der Waals surface area contributed by atoms with E-state index in [9.17, 15) is 14.7 Å². The van der Waals surface area contributed by atoms with Crippen LogP contribution in [0, 0.1) is 5.41 Å². The van der Waals surface area contributed by atoms with Gasteiger partial charge in [-0.1, -0.05) is 13.0 Å². The number of nitrogens with zero attached hydrogens (tertiary/aromatic N) is 1. The number of hydrogen-bond donors (Lipinski definition) is 1. The van der Waals surface area contributed by atoms with E-state index >= 15 is 0 Å². The number of carboxylic acids is 1. The summed E-state index contributed by atoms with van der Waals surface area (Å²) in [6, 6.07) is 3.63. The minimum Gasteiger partial charge on any atom is -0.481 e. The Bertz CT molecular complexity index is 443. The summed E-state index contributed by atoms with van der Waals surface area (Å²) in [6.07, 6.45) is 1.99. The van der Waals surface area contributed by atoms with Crippen LogP contribution in [0.1, 0.15) is 35.9 Å². The van der Waals surface area contributed by atoms with E-state index in [-0.39, 0.29) is 5.91 Å². The van der Waals surface area contributed by atoms with Crippen LogP contribution in [0.25, 0.3) is 0 Å². The van der Waals surface area contributed by atoms with Crippen molar-refractivity contribution in [1.29, 1.82) is 0 Å². The molecule has 1 aliphatic rings. The zero-order valence-corrected chi connectivity index (χ0v) is 11.2. The Morgan fingerprint density at radius 2 is 2.33 bits per heavy atom. The van der Waals surface area contributed by atoms with Gasteiger partial charge in [0.15, 0.2) is 0 Å². The molecule has 0 aliphatic carbocycles. The van der Waals surface area contributed by atoms with Crippen molar-refractivity contribution in [3.8, 4) is 0 Å². The summed E-state index contributed by atoms with van der Waals surface area (Å²) in [5, 5.41) is 11.2. The highest BCUT2D eigenvalue weighted by Gasteiger charge is 2.42. The molecule has 1 saturated heterocycles. The number of carbonyl (C=O) groups is 2. The van der Waals surface area contributed by atoms with Crippen LogP contribution in [0.5, 0.6) is 0 Å². The lowest BCUT2D eigenvalue weighted by Gasteiger charge is -2.39. The molecule has 1 N–H and O–H groups in total. The molecule has 0 saturated carbocycles. The maximum Gasteiger partial charge on any atom is 0.311 e. The van der Waals surface area contributed by atoms with Gasteiger partial charge in [-0.05, 0) is 30.7 Å². The lowest BCUT2D eigenvalue weighted by Crippen LogP contribution is -2.49. The lowest BCUT2D eigenvalue weighted by atomic mass is 9.77. The molecular formula is C13H17NO3S. The molecular weight excluding hydrogens is 250 g/mol. The SMILES string of the molecule is CCC1(C(=O)O)CCCN(C(=O)c2cccs2)C1. The quantitative estimate of drug-likeness (QED) is 0.915. The van der Waals surface area contributed by atoms with E-state index in [4.69, 9.17) is 0 Å². The minimum absolute atomic E-state index is 0.0382. The molecule has 1 amide bonds. The van der Waals surface area contributed by atoms with E-state index in [2.05, 4.69) is 0 Å². The van der Waals surface area contributed by atoms with Crippen molar-refractivity contribution in [1.82, 2.24) is 4.90 Å². The molecule has 1 aliphatic heterocycles. The molecule has 1 atom stereocenters. The van der Waals surface area contributed by atoms with E-state index in [0.717, 1.165) is 6.42 Å². The van der Waals surface area contributed by atoms with E-state index < -0.39 is 11.4 Å². The smallest absolute Gasteiger partial charge is 0.311 e. The topological polar surface area (TPSA) is 57.6 Å². The molecule has 98 valence electrons. The Labute approximate surface area is 110 Å². The van der Waals surface area contributed by atoms with Gasteiger partial charge in [-0.2, -0.15) is 0 Å². The summed E-state index contributed by atoms with van der Waals surface area (Å²) in [4.78, 5) is 26.0. The van der Waals surface area contributed by atoms with Gasteiger partial charge >= 0.3 is 5.97 Å². The highest BCUT2D eigenvalue weighted by molar-refractivity contribution is 7.12. The third-order valence-corrected chi connectivity index (χ3v) is 4.58. The summed E-state index contributed by atoms with van der Waals surface area (Å²) < 4.78 is 0. The number of thiophene rings is 1. The molecule has 0 spiro atoms. The fraction of sp³-hybridized carbons (Fsp3) is 0.538. The van der Waals surface area contributed by atoms with Crippen molar-refractivity contribution in [2.75, 3.05) is 13.1 Å². The monoisotopic (exact) mass is 267 g/mol. The first kappa shape index (κ1) is 13.1. The first-order valence-electron chi connectivity index (χ1n) is 6.15. The summed E-state index contributed by atoms with van der Waals surface area (Å²) in [6.45, 7) is 2.87. The van der Waals surface area contributed by atoms with Gasteiger partial charge in [-0.3, -0.25) is 9.59 Å². The van der Waals surface area contributed by atoms with Crippen molar-refractivity contribution in [3.05, 3.63) is 22.4 Å². The van der Waals surface area contributed by atoms with Crippen LogP contribution in [0.4, 0.5) is 0 Å². The number of amides is 1. The Kier molecular flexibility index (Phi) is 3.71. The van der Waals surface area contributed by atoms with Crippen LogP contribution in [-0.4, -0.2) is 35.0 Å².